The maximum absolute atomic E-state index is 6.11. The molecule has 0 unspecified atom stereocenters. The highest BCUT2D eigenvalue weighted by Crippen LogP contribution is 2.53. The Labute approximate surface area is 216 Å². The quantitative estimate of drug-likeness (QED) is 0.251. The molecule has 0 saturated carbocycles. The number of nitrogen functional groups attached to an aromatic ring is 1. The number of rotatable bonds is 3. The second-order valence-corrected chi connectivity index (χ2v) is 10.4. The molecule has 2 nitrogen and oxygen atoms in total. The van der Waals surface area contributed by atoms with E-state index in [1.807, 2.05) is 24.3 Å². The molecular formula is C35H26N2. The SMILES string of the molecule is Nc1ccccc1Nc1ccc(-c2ccc3c(c2)-c2cc4c(c5cccc-3c25)CC2=C4C=CCC2)cc1. The number of anilines is 3. The lowest BCUT2D eigenvalue weighted by atomic mass is 9.92. The van der Waals surface area contributed by atoms with Gasteiger partial charge in [-0.05, 0) is 117 Å². The Morgan fingerprint density at radius 2 is 1.54 bits per heavy atom. The van der Waals surface area contributed by atoms with Crippen molar-refractivity contribution < 1.29 is 0 Å². The van der Waals surface area contributed by atoms with Gasteiger partial charge < -0.3 is 11.1 Å². The van der Waals surface area contributed by atoms with Gasteiger partial charge in [-0.1, -0.05) is 72.3 Å². The molecule has 0 saturated heterocycles. The minimum Gasteiger partial charge on any atom is -0.397 e. The predicted octanol–water partition coefficient (Wildman–Crippen LogP) is 9.14. The second kappa shape index (κ2) is 7.72. The van der Waals surface area contributed by atoms with Gasteiger partial charge in [-0.25, -0.2) is 0 Å². The second-order valence-electron chi connectivity index (χ2n) is 10.4. The first-order chi connectivity index (χ1) is 18.2. The molecule has 176 valence electrons. The van der Waals surface area contributed by atoms with Crippen LogP contribution >= 0.6 is 0 Å². The van der Waals surface area contributed by atoms with E-state index in [1.54, 1.807) is 5.57 Å². The van der Waals surface area contributed by atoms with E-state index in [0.717, 1.165) is 23.5 Å². The monoisotopic (exact) mass is 474 g/mol. The van der Waals surface area contributed by atoms with Gasteiger partial charge in [-0.3, -0.25) is 0 Å². The van der Waals surface area contributed by atoms with Gasteiger partial charge in [0.05, 0.1) is 11.4 Å². The fourth-order valence-corrected chi connectivity index (χ4v) is 6.49. The maximum atomic E-state index is 6.11. The van der Waals surface area contributed by atoms with Crippen LogP contribution < -0.4 is 11.1 Å². The van der Waals surface area contributed by atoms with Crippen molar-refractivity contribution in [3.63, 3.8) is 0 Å². The van der Waals surface area contributed by atoms with Gasteiger partial charge in [0.25, 0.3) is 0 Å². The smallest absolute Gasteiger partial charge is 0.0617 e. The molecule has 5 aromatic carbocycles. The third-order valence-corrected chi connectivity index (χ3v) is 8.29. The first-order valence-corrected chi connectivity index (χ1v) is 13.1. The number of fused-ring (bicyclic) bond motifs is 6. The number of hydrogen-bond acceptors (Lipinski definition) is 2. The van der Waals surface area contributed by atoms with Crippen molar-refractivity contribution in [3.05, 3.63) is 120 Å². The van der Waals surface area contributed by atoms with Gasteiger partial charge >= 0.3 is 0 Å². The summed E-state index contributed by atoms with van der Waals surface area (Å²) in [6, 6.07) is 32.8. The normalized spacial score (nSPS) is 14.6. The topological polar surface area (TPSA) is 38.0 Å². The number of benzene rings is 5. The van der Waals surface area contributed by atoms with Crippen LogP contribution in [0.1, 0.15) is 24.0 Å². The average molecular weight is 475 g/mol. The Morgan fingerprint density at radius 3 is 2.43 bits per heavy atom. The largest absolute Gasteiger partial charge is 0.397 e. The maximum Gasteiger partial charge on any atom is 0.0617 e. The summed E-state index contributed by atoms with van der Waals surface area (Å²) < 4.78 is 0. The lowest BCUT2D eigenvalue weighted by Crippen LogP contribution is -1.95. The Bertz CT molecular complexity index is 1820. The van der Waals surface area contributed by atoms with Crippen LogP contribution in [-0.4, -0.2) is 0 Å². The molecule has 0 atom stereocenters. The zero-order valence-electron chi connectivity index (χ0n) is 20.5. The van der Waals surface area contributed by atoms with Gasteiger partial charge in [0, 0.05) is 5.69 Å². The summed E-state index contributed by atoms with van der Waals surface area (Å²) in [5, 5.41) is 6.29. The average Bonchev–Trinajstić information content (AvgIpc) is 3.48. The molecule has 0 bridgehead atoms. The molecule has 0 spiro atoms. The first-order valence-electron chi connectivity index (χ1n) is 13.1. The fraction of sp³-hybridized carbons (Fsp3) is 0.0857. The van der Waals surface area contributed by atoms with Crippen molar-refractivity contribution in [1.29, 1.82) is 0 Å². The summed E-state index contributed by atoms with van der Waals surface area (Å²) in [5.41, 5.74) is 22.8. The molecule has 5 aromatic rings. The Hall–Kier alpha value is -4.56. The molecule has 3 N–H and O–H groups in total. The standard InChI is InChI=1S/C35H26N2/c36-33-10-3-4-11-34(33)37-24-15-12-21(13-16-24)22-14-17-26-27-8-5-9-28-30-19-23-6-1-2-7-25(23)31(30)20-32(35(27)28)29(26)18-22/h2-5,7-18,20,37H,1,6,19,36H2. The predicted molar refractivity (Wildman–Crippen MR) is 157 cm³/mol. The zero-order valence-corrected chi connectivity index (χ0v) is 20.5. The van der Waals surface area contributed by atoms with Crippen LogP contribution in [0.15, 0.2) is 109 Å². The van der Waals surface area contributed by atoms with Crippen molar-refractivity contribution >= 4 is 33.4 Å². The van der Waals surface area contributed by atoms with E-state index >= 15 is 0 Å². The van der Waals surface area contributed by atoms with Crippen molar-refractivity contribution in [3.8, 4) is 33.4 Å². The summed E-state index contributed by atoms with van der Waals surface area (Å²) >= 11 is 0. The van der Waals surface area contributed by atoms with E-state index in [-0.39, 0.29) is 0 Å². The summed E-state index contributed by atoms with van der Waals surface area (Å²) in [6.07, 6.45) is 8.16. The first kappa shape index (κ1) is 20.6. The molecule has 0 aliphatic heterocycles. The Balaban J connectivity index is 1.21. The number of allylic oxidation sites excluding steroid dienone is 4. The summed E-state index contributed by atoms with van der Waals surface area (Å²) in [4.78, 5) is 0. The van der Waals surface area contributed by atoms with Crippen molar-refractivity contribution in [2.75, 3.05) is 11.1 Å². The Morgan fingerprint density at radius 1 is 0.676 bits per heavy atom. The Kier molecular flexibility index (Phi) is 4.30. The molecule has 0 amide bonds. The third kappa shape index (κ3) is 3.06. The summed E-state index contributed by atoms with van der Waals surface area (Å²) in [6.45, 7) is 0. The molecule has 37 heavy (non-hydrogen) atoms. The van der Waals surface area contributed by atoms with E-state index in [2.05, 4.69) is 84.2 Å². The molecule has 3 aliphatic carbocycles. The molecule has 0 fully saturated rings. The van der Waals surface area contributed by atoms with E-state index in [1.165, 1.54) is 73.7 Å². The number of para-hydroxylation sites is 2. The van der Waals surface area contributed by atoms with Gasteiger partial charge in [-0.15, -0.1) is 0 Å². The molecule has 3 aliphatic rings. The fourth-order valence-electron chi connectivity index (χ4n) is 6.49. The van der Waals surface area contributed by atoms with Gasteiger partial charge in [0.1, 0.15) is 0 Å². The van der Waals surface area contributed by atoms with Crippen molar-refractivity contribution in [2.24, 2.45) is 0 Å². The number of hydrogen-bond donors (Lipinski definition) is 2. The summed E-state index contributed by atoms with van der Waals surface area (Å²) in [5.74, 6) is 0. The van der Waals surface area contributed by atoms with Gasteiger partial charge in [-0.2, -0.15) is 0 Å². The van der Waals surface area contributed by atoms with Gasteiger partial charge in [0.2, 0.25) is 0 Å². The van der Waals surface area contributed by atoms with E-state index in [0.29, 0.717) is 0 Å². The highest BCUT2D eigenvalue weighted by atomic mass is 14.9. The lowest BCUT2D eigenvalue weighted by Gasteiger charge is -2.12. The number of nitrogens with one attached hydrogen (secondary N) is 1. The molecule has 8 rings (SSSR count). The van der Waals surface area contributed by atoms with Crippen LogP contribution in [0.2, 0.25) is 0 Å². The lowest BCUT2D eigenvalue weighted by molar-refractivity contribution is 0.937. The van der Waals surface area contributed by atoms with Crippen LogP contribution in [0.4, 0.5) is 17.1 Å². The summed E-state index contributed by atoms with van der Waals surface area (Å²) in [7, 11) is 0. The zero-order chi connectivity index (χ0) is 24.5. The van der Waals surface area contributed by atoms with Crippen LogP contribution in [0, 0.1) is 0 Å². The number of nitrogens with two attached hydrogens (primary N) is 1. The minimum atomic E-state index is 0.747. The molecule has 2 heteroatoms. The van der Waals surface area contributed by atoms with E-state index in [9.17, 15) is 0 Å². The highest BCUT2D eigenvalue weighted by Gasteiger charge is 2.29. The molecule has 0 radical (unpaired) electrons. The van der Waals surface area contributed by atoms with Crippen LogP contribution in [-0.2, 0) is 6.42 Å². The highest BCUT2D eigenvalue weighted by molar-refractivity contribution is 6.18. The van der Waals surface area contributed by atoms with Crippen LogP contribution in [0.3, 0.4) is 0 Å². The minimum absolute atomic E-state index is 0.747. The van der Waals surface area contributed by atoms with Crippen LogP contribution in [0.25, 0.3) is 49.7 Å². The van der Waals surface area contributed by atoms with E-state index in [4.69, 9.17) is 5.73 Å². The van der Waals surface area contributed by atoms with Crippen LogP contribution in [0.5, 0.6) is 0 Å². The molecular weight excluding hydrogens is 448 g/mol. The third-order valence-electron chi connectivity index (χ3n) is 8.29. The van der Waals surface area contributed by atoms with Gasteiger partial charge in [0.15, 0.2) is 0 Å². The molecule has 0 aromatic heterocycles. The van der Waals surface area contributed by atoms with Crippen molar-refractivity contribution in [2.45, 2.75) is 19.3 Å². The molecule has 0 heterocycles. The van der Waals surface area contributed by atoms with Crippen molar-refractivity contribution in [1.82, 2.24) is 0 Å². The van der Waals surface area contributed by atoms with E-state index < -0.39 is 0 Å².